The van der Waals surface area contributed by atoms with E-state index in [-0.39, 0.29) is 17.9 Å². The Morgan fingerprint density at radius 3 is 2.81 bits per heavy atom. The highest BCUT2D eigenvalue weighted by Gasteiger charge is 2.22. The van der Waals surface area contributed by atoms with E-state index in [2.05, 4.69) is 35.5 Å². The van der Waals surface area contributed by atoms with Crippen LogP contribution in [0.5, 0.6) is 0 Å². The van der Waals surface area contributed by atoms with Crippen LogP contribution in [0, 0.1) is 0 Å². The van der Waals surface area contributed by atoms with Gasteiger partial charge in [-0.3, -0.25) is 19.6 Å². The monoisotopic (exact) mass is 442 g/mol. The Morgan fingerprint density at radius 2 is 2.06 bits per heavy atom. The summed E-state index contributed by atoms with van der Waals surface area (Å²) in [6, 6.07) is 3.15. The lowest BCUT2D eigenvalue weighted by Crippen LogP contribution is -2.45. The minimum absolute atomic E-state index is 0.213. The lowest BCUT2D eigenvalue weighted by molar-refractivity contribution is -0.114. The largest absolute Gasteiger partial charge is 0.379 e. The fraction of sp³-hybridized carbons (Fsp3) is 0.368. The van der Waals surface area contributed by atoms with Crippen molar-refractivity contribution in [1.82, 2.24) is 24.8 Å². The Kier molecular flexibility index (Phi) is 6.60. The number of nitrogens with zero attached hydrogens (tertiary/aromatic N) is 6. The van der Waals surface area contributed by atoms with Crippen molar-refractivity contribution < 1.29 is 14.3 Å². The summed E-state index contributed by atoms with van der Waals surface area (Å²) in [5, 5.41) is 5.93. The molecule has 4 rings (SSSR count). The predicted molar refractivity (Wildman–Crippen MR) is 117 cm³/mol. The van der Waals surface area contributed by atoms with E-state index in [1.165, 1.54) is 23.2 Å². The van der Waals surface area contributed by atoms with Gasteiger partial charge in [-0.15, -0.1) is 0 Å². The summed E-state index contributed by atoms with van der Waals surface area (Å²) in [6.45, 7) is 5.45. The zero-order valence-electron chi connectivity index (χ0n) is 16.9. The summed E-state index contributed by atoms with van der Waals surface area (Å²) >= 11 is 1.23. The van der Waals surface area contributed by atoms with Crippen LogP contribution in [-0.4, -0.2) is 76.2 Å². The number of nitrogens with one attached hydrogen (secondary N) is 2. The highest BCUT2D eigenvalue weighted by molar-refractivity contribution is 7.21. The number of aromatic nitrogens is 4. The fourth-order valence-corrected chi connectivity index (χ4v) is 3.90. The fourth-order valence-electron chi connectivity index (χ4n) is 3.05. The molecule has 3 aromatic heterocycles. The Hall–Kier alpha value is -3.22. The minimum atomic E-state index is -0.354. The van der Waals surface area contributed by atoms with Crippen molar-refractivity contribution in [1.29, 1.82) is 0 Å². The number of thiazole rings is 1. The number of pyridine rings is 1. The molecule has 0 atom stereocenters. The molecule has 0 aliphatic carbocycles. The summed E-state index contributed by atoms with van der Waals surface area (Å²) in [5.41, 5.74) is 1.13. The molecule has 0 aromatic carbocycles. The number of hydrogen-bond donors (Lipinski definition) is 2. The van der Waals surface area contributed by atoms with E-state index in [4.69, 9.17) is 4.74 Å². The summed E-state index contributed by atoms with van der Waals surface area (Å²) < 4.78 is 5.39. The van der Waals surface area contributed by atoms with Crippen LogP contribution in [0.4, 0.5) is 21.6 Å². The van der Waals surface area contributed by atoms with Crippen LogP contribution >= 0.6 is 11.3 Å². The lowest BCUT2D eigenvalue weighted by atomic mass is 10.4. The molecule has 11 nitrogen and oxygen atoms in total. The smallest absolute Gasteiger partial charge is 0.328 e. The SMILES string of the molecule is CC(=O)Nc1nc2cnc(N(CCN3CCOCC3)C(=O)Nc3cccnc3)nc2s1. The van der Waals surface area contributed by atoms with E-state index < -0.39 is 0 Å². The maximum atomic E-state index is 13.1. The van der Waals surface area contributed by atoms with E-state index >= 15 is 0 Å². The number of hydrogen-bond acceptors (Lipinski definition) is 9. The molecule has 4 heterocycles. The van der Waals surface area contributed by atoms with Gasteiger partial charge in [-0.2, -0.15) is 4.98 Å². The second kappa shape index (κ2) is 9.73. The quantitative estimate of drug-likeness (QED) is 0.592. The number of amides is 3. The van der Waals surface area contributed by atoms with Crippen LogP contribution in [0.15, 0.2) is 30.7 Å². The van der Waals surface area contributed by atoms with Crippen LogP contribution < -0.4 is 15.5 Å². The number of fused-ring (bicyclic) bond motifs is 1. The average molecular weight is 443 g/mol. The van der Waals surface area contributed by atoms with Gasteiger partial charge in [0.25, 0.3) is 0 Å². The molecule has 162 valence electrons. The number of anilines is 3. The molecule has 1 fully saturated rings. The number of ether oxygens (including phenoxy) is 1. The molecule has 1 aliphatic heterocycles. The molecule has 0 spiro atoms. The third-order valence-electron chi connectivity index (χ3n) is 4.56. The lowest BCUT2D eigenvalue weighted by Gasteiger charge is -2.29. The molecule has 3 amide bonds. The standard InChI is InChI=1S/C19H22N8O3S/c1-13(28)22-18-24-15-12-21-17(25-16(15)31-18)27(6-5-26-7-9-30-10-8-26)19(29)23-14-3-2-4-20-11-14/h2-4,11-12H,5-10H2,1H3,(H,23,29)(H,22,24,28). The third kappa shape index (κ3) is 5.48. The molecule has 1 aliphatic rings. The normalized spacial score (nSPS) is 14.4. The highest BCUT2D eigenvalue weighted by atomic mass is 32.1. The van der Waals surface area contributed by atoms with Crippen LogP contribution in [0.3, 0.4) is 0 Å². The van der Waals surface area contributed by atoms with Gasteiger partial charge in [0.15, 0.2) is 9.96 Å². The molecule has 0 radical (unpaired) electrons. The maximum Gasteiger partial charge on any atom is 0.328 e. The van der Waals surface area contributed by atoms with Crippen molar-refractivity contribution in [2.75, 3.05) is 54.9 Å². The maximum absolute atomic E-state index is 13.1. The average Bonchev–Trinajstić information content (AvgIpc) is 3.16. The Labute approximate surface area is 182 Å². The summed E-state index contributed by atoms with van der Waals surface area (Å²) in [5.74, 6) is 0.0513. The topological polar surface area (TPSA) is 125 Å². The number of urea groups is 1. The first-order valence-corrected chi connectivity index (χ1v) is 10.6. The summed E-state index contributed by atoms with van der Waals surface area (Å²) in [6.07, 6.45) is 4.77. The van der Waals surface area contributed by atoms with Gasteiger partial charge in [0.2, 0.25) is 11.9 Å². The predicted octanol–water partition coefficient (Wildman–Crippen LogP) is 1.81. The molecule has 0 bridgehead atoms. The van der Waals surface area contributed by atoms with Crippen molar-refractivity contribution in [3.63, 3.8) is 0 Å². The van der Waals surface area contributed by atoms with E-state index in [1.54, 1.807) is 30.7 Å². The number of carbonyl (C=O) groups excluding carboxylic acids is 2. The first kappa shape index (κ1) is 21.0. The van der Waals surface area contributed by atoms with Gasteiger partial charge in [0.1, 0.15) is 5.52 Å². The molecule has 31 heavy (non-hydrogen) atoms. The van der Waals surface area contributed by atoms with Gasteiger partial charge in [-0.25, -0.2) is 14.8 Å². The van der Waals surface area contributed by atoms with Crippen molar-refractivity contribution in [3.05, 3.63) is 30.7 Å². The van der Waals surface area contributed by atoms with Crippen molar-refractivity contribution >= 4 is 50.4 Å². The first-order chi connectivity index (χ1) is 15.1. The van der Waals surface area contributed by atoms with Crippen molar-refractivity contribution in [2.24, 2.45) is 0 Å². The summed E-state index contributed by atoms with van der Waals surface area (Å²) in [4.78, 5) is 45.9. The molecule has 1 saturated heterocycles. The summed E-state index contributed by atoms with van der Waals surface area (Å²) in [7, 11) is 0. The molecule has 3 aromatic rings. The van der Waals surface area contributed by atoms with Gasteiger partial charge in [0, 0.05) is 39.3 Å². The second-order valence-electron chi connectivity index (χ2n) is 6.84. The van der Waals surface area contributed by atoms with E-state index in [1.807, 2.05) is 0 Å². The van der Waals surface area contributed by atoms with E-state index in [9.17, 15) is 9.59 Å². The van der Waals surface area contributed by atoms with Gasteiger partial charge >= 0.3 is 6.03 Å². The minimum Gasteiger partial charge on any atom is -0.379 e. The molecule has 0 unspecified atom stereocenters. The molecule has 2 N–H and O–H groups in total. The van der Waals surface area contributed by atoms with Crippen LogP contribution in [0.2, 0.25) is 0 Å². The van der Waals surface area contributed by atoms with Gasteiger partial charge in [-0.1, -0.05) is 11.3 Å². The zero-order chi connectivity index (χ0) is 21.6. The Morgan fingerprint density at radius 1 is 1.23 bits per heavy atom. The highest BCUT2D eigenvalue weighted by Crippen LogP contribution is 2.25. The van der Waals surface area contributed by atoms with Crippen molar-refractivity contribution in [2.45, 2.75) is 6.92 Å². The number of morpholine rings is 1. The number of carbonyl (C=O) groups is 2. The van der Waals surface area contributed by atoms with Crippen LogP contribution in [-0.2, 0) is 9.53 Å². The zero-order valence-corrected chi connectivity index (χ0v) is 17.8. The van der Waals surface area contributed by atoms with Gasteiger partial charge in [-0.05, 0) is 12.1 Å². The first-order valence-electron chi connectivity index (χ1n) is 9.78. The second-order valence-corrected chi connectivity index (χ2v) is 7.82. The molecule has 12 heteroatoms. The Bertz CT molecular complexity index is 1050. The molecular formula is C19H22N8O3S. The van der Waals surface area contributed by atoms with Crippen LogP contribution in [0.25, 0.3) is 10.3 Å². The van der Waals surface area contributed by atoms with Gasteiger partial charge < -0.3 is 15.4 Å². The number of rotatable bonds is 6. The van der Waals surface area contributed by atoms with E-state index in [0.29, 0.717) is 47.5 Å². The van der Waals surface area contributed by atoms with Crippen LogP contribution in [0.1, 0.15) is 6.92 Å². The Balaban J connectivity index is 1.57. The van der Waals surface area contributed by atoms with E-state index in [0.717, 1.165) is 13.1 Å². The van der Waals surface area contributed by atoms with Crippen molar-refractivity contribution in [3.8, 4) is 0 Å². The van der Waals surface area contributed by atoms with Gasteiger partial charge in [0.05, 0.1) is 31.3 Å². The third-order valence-corrected chi connectivity index (χ3v) is 5.44. The molecular weight excluding hydrogens is 420 g/mol. The molecule has 0 saturated carbocycles.